The van der Waals surface area contributed by atoms with Crippen LogP contribution in [-0.4, -0.2) is 37.6 Å². The van der Waals surface area contributed by atoms with Gasteiger partial charge in [0.15, 0.2) is 11.4 Å². The maximum Gasteiger partial charge on any atom is 0.201 e. The zero-order valence-electron chi connectivity index (χ0n) is 10.6. The highest BCUT2D eigenvalue weighted by molar-refractivity contribution is 7.91. The Labute approximate surface area is 113 Å². The summed E-state index contributed by atoms with van der Waals surface area (Å²) in [7, 11) is -3.43. The number of aliphatic hydroxyl groups is 1. The van der Waals surface area contributed by atoms with Crippen LogP contribution in [0.25, 0.3) is 0 Å². The van der Waals surface area contributed by atoms with Crippen molar-refractivity contribution in [2.75, 3.05) is 12.5 Å². The molecule has 0 spiro atoms. The van der Waals surface area contributed by atoms with Crippen molar-refractivity contribution in [1.82, 2.24) is 0 Å². The van der Waals surface area contributed by atoms with E-state index in [1.54, 1.807) is 0 Å². The van der Waals surface area contributed by atoms with E-state index in [1.165, 1.54) is 0 Å². The summed E-state index contributed by atoms with van der Waals surface area (Å²) in [5.41, 5.74) is 0.0735. The molecule has 1 N–H and O–H groups in total. The van der Waals surface area contributed by atoms with Crippen molar-refractivity contribution >= 4 is 9.84 Å². The van der Waals surface area contributed by atoms with Gasteiger partial charge in [0.2, 0.25) is 9.84 Å². The normalized spacial score (nSPS) is 24.3. The lowest BCUT2D eigenvalue weighted by atomic mass is 10.2. The standard InChI is InChI=1S/C13H18O5S/c14-12-6-7-13(18-9-12)19(15,16)10-17-8-11-4-2-1-3-5-11/h1-5,12-14H,6-10H2. The number of hydrogen-bond acceptors (Lipinski definition) is 5. The molecule has 6 heteroatoms. The molecular weight excluding hydrogens is 268 g/mol. The fourth-order valence-electron chi connectivity index (χ4n) is 1.92. The lowest BCUT2D eigenvalue weighted by Crippen LogP contribution is -2.36. The fraction of sp³-hybridized carbons (Fsp3) is 0.538. The predicted octanol–water partition coefficient (Wildman–Crippen LogP) is 1.07. The van der Waals surface area contributed by atoms with Gasteiger partial charge in [0, 0.05) is 0 Å². The van der Waals surface area contributed by atoms with E-state index in [0.717, 1.165) is 5.56 Å². The molecule has 1 fully saturated rings. The minimum atomic E-state index is -3.43. The summed E-state index contributed by atoms with van der Waals surface area (Å²) in [6.07, 6.45) is 0.206. The second-order valence-corrected chi connectivity index (χ2v) is 6.70. The van der Waals surface area contributed by atoms with Crippen LogP contribution in [0.15, 0.2) is 30.3 Å². The second-order valence-electron chi connectivity index (χ2n) is 4.61. The van der Waals surface area contributed by atoms with Crippen LogP contribution in [0.2, 0.25) is 0 Å². The first-order valence-corrected chi connectivity index (χ1v) is 7.92. The van der Waals surface area contributed by atoms with Gasteiger partial charge in [0.05, 0.1) is 19.3 Å². The molecule has 1 aliphatic rings. The second kappa shape index (κ2) is 6.47. The lowest BCUT2D eigenvalue weighted by molar-refractivity contribution is -0.0243. The average Bonchev–Trinajstić information content (AvgIpc) is 2.40. The van der Waals surface area contributed by atoms with Gasteiger partial charge in [-0.1, -0.05) is 30.3 Å². The van der Waals surface area contributed by atoms with Gasteiger partial charge in [-0.25, -0.2) is 8.42 Å². The van der Waals surface area contributed by atoms with Crippen molar-refractivity contribution in [3.63, 3.8) is 0 Å². The van der Waals surface area contributed by atoms with Gasteiger partial charge in [-0.3, -0.25) is 0 Å². The van der Waals surface area contributed by atoms with Crippen molar-refractivity contribution in [2.24, 2.45) is 0 Å². The van der Waals surface area contributed by atoms with Crippen LogP contribution in [0.4, 0.5) is 0 Å². The van der Waals surface area contributed by atoms with Crippen LogP contribution in [-0.2, 0) is 25.9 Å². The Hall–Kier alpha value is -0.950. The smallest absolute Gasteiger partial charge is 0.201 e. The van der Waals surface area contributed by atoms with E-state index in [-0.39, 0.29) is 19.2 Å². The molecule has 1 heterocycles. The molecule has 2 rings (SSSR count). The monoisotopic (exact) mass is 286 g/mol. The fourth-order valence-corrected chi connectivity index (χ4v) is 3.17. The van der Waals surface area contributed by atoms with Gasteiger partial charge < -0.3 is 14.6 Å². The van der Waals surface area contributed by atoms with Crippen molar-refractivity contribution in [3.8, 4) is 0 Å². The molecule has 106 valence electrons. The molecule has 1 aromatic carbocycles. The molecule has 1 aromatic rings. The molecule has 1 aliphatic heterocycles. The SMILES string of the molecule is O=S(=O)(COCc1ccccc1)C1CCC(O)CO1. The Morgan fingerprint density at radius 2 is 2.00 bits per heavy atom. The molecule has 19 heavy (non-hydrogen) atoms. The van der Waals surface area contributed by atoms with Crippen LogP contribution in [0, 0.1) is 0 Å². The first kappa shape index (κ1) is 14.5. The molecule has 5 nitrogen and oxygen atoms in total. The Morgan fingerprint density at radius 3 is 2.63 bits per heavy atom. The molecular formula is C13H18O5S. The summed E-state index contributed by atoms with van der Waals surface area (Å²) in [6.45, 7) is 0.331. The molecule has 0 amide bonds. The summed E-state index contributed by atoms with van der Waals surface area (Å²) in [4.78, 5) is 0. The minimum absolute atomic E-state index is 0.0720. The summed E-state index contributed by atoms with van der Waals surface area (Å²) in [6, 6.07) is 9.39. The Morgan fingerprint density at radius 1 is 1.26 bits per heavy atom. The van der Waals surface area contributed by atoms with Gasteiger partial charge in [-0.05, 0) is 18.4 Å². The van der Waals surface area contributed by atoms with E-state index in [9.17, 15) is 13.5 Å². The van der Waals surface area contributed by atoms with Gasteiger partial charge in [0.1, 0.15) is 0 Å². The third-order valence-corrected chi connectivity index (χ3v) is 4.64. The maximum atomic E-state index is 12.0. The van der Waals surface area contributed by atoms with E-state index in [0.29, 0.717) is 12.8 Å². The number of ether oxygens (including phenoxy) is 2. The number of sulfone groups is 1. The molecule has 0 radical (unpaired) electrons. The number of benzene rings is 1. The van der Waals surface area contributed by atoms with E-state index < -0.39 is 21.4 Å². The van der Waals surface area contributed by atoms with Crippen LogP contribution in [0.5, 0.6) is 0 Å². The van der Waals surface area contributed by atoms with E-state index in [4.69, 9.17) is 9.47 Å². The third kappa shape index (κ3) is 4.28. The van der Waals surface area contributed by atoms with E-state index in [2.05, 4.69) is 0 Å². The summed E-state index contributed by atoms with van der Waals surface area (Å²) >= 11 is 0. The van der Waals surface area contributed by atoms with Gasteiger partial charge in [-0.2, -0.15) is 0 Å². The van der Waals surface area contributed by atoms with Crippen molar-refractivity contribution < 1.29 is 23.0 Å². The highest BCUT2D eigenvalue weighted by atomic mass is 32.2. The first-order chi connectivity index (χ1) is 9.08. The zero-order valence-corrected chi connectivity index (χ0v) is 11.4. The average molecular weight is 286 g/mol. The van der Waals surface area contributed by atoms with E-state index in [1.807, 2.05) is 30.3 Å². The summed E-state index contributed by atoms with van der Waals surface area (Å²) in [5.74, 6) is -0.358. The molecule has 0 aromatic heterocycles. The highest BCUT2D eigenvalue weighted by Crippen LogP contribution is 2.19. The molecule has 0 saturated carbocycles. The minimum Gasteiger partial charge on any atom is -0.391 e. The van der Waals surface area contributed by atoms with Crippen molar-refractivity contribution in [1.29, 1.82) is 0 Å². The van der Waals surface area contributed by atoms with Gasteiger partial charge in [0.25, 0.3) is 0 Å². The summed E-state index contributed by atoms with van der Waals surface area (Å²) < 4.78 is 34.3. The van der Waals surface area contributed by atoms with E-state index >= 15 is 0 Å². The van der Waals surface area contributed by atoms with Crippen LogP contribution >= 0.6 is 0 Å². The molecule has 2 unspecified atom stereocenters. The van der Waals surface area contributed by atoms with Crippen LogP contribution in [0.3, 0.4) is 0 Å². The Kier molecular flexibility index (Phi) is 4.93. The summed E-state index contributed by atoms with van der Waals surface area (Å²) in [5, 5.41) is 9.27. The van der Waals surface area contributed by atoms with Gasteiger partial charge in [-0.15, -0.1) is 0 Å². The lowest BCUT2D eigenvalue weighted by Gasteiger charge is -2.25. The van der Waals surface area contributed by atoms with Crippen LogP contribution in [0.1, 0.15) is 18.4 Å². The zero-order chi connectivity index (χ0) is 13.7. The predicted molar refractivity (Wildman–Crippen MR) is 70.0 cm³/mol. The number of hydrogen-bond donors (Lipinski definition) is 1. The maximum absolute atomic E-state index is 12.0. The van der Waals surface area contributed by atoms with Gasteiger partial charge >= 0.3 is 0 Å². The number of aliphatic hydroxyl groups excluding tert-OH is 1. The van der Waals surface area contributed by atoms with Crippen molar-refractivity contribution in [2.45, 2.75) is 31.0 Å². The molecule has 0 aliphatic carbocycles. The first-order valence-electron chi connectivity index (χ1n) is 6.21. The Balaban J connectivity index is 1.81. The topological polar surface area (TPSA) is 72.8 Å². The van der Waals surface area contributed by atoms with Crippen LogP contribution < -0.4 is 0 Å². The molecule has 2 atom stereocenters. The molecule has 1 saturated heterocycles. The third-order valence-electron chi connectivity index (χ3n) is 2.97. The quantitative estimate of drug-likeness (QED) is 0.876. The molecule has 0 bridgehead atoms. The van der Waals surface area contributed by atoms with Crippen molar-refractivity contribution in [3.05, 3.63) is 35.9 Å². The Bertz CT molecular complexity index is 477. The highest BCUT2D eigenvalue weighted by Gasteiger charge is 2.31. The number of rotatable bonds is 5. The largest absolute Gasteiger partial charge is 0.391 e.